The Hall–Kier alpha value is -4.37. The number of likely N-dealkylation sites (tertiary alicyclic amines) is 1. The molecule has 2 aromatic heterocycles. The molecular formula is C35H42F6N6O4. The van der Waals surface area contributed by atoms with Crippen LogP contribution in [0.4, 0.5) is 37.1 Å². The number of anilines is 1. The molecule has 1 saturated heterocycles. The third-order valence-corrected chi connectivity index (χ3v) is 10.0. The number of aliphatic carboxylic acids is 1. The third-order valence-electron chi connectivity index (χ3n) is 10.0. The van der Waals surface area contributed by atoms with E-state index in [0.29, 0.717) is 56.9 Å². The fraction of sp³-hybridized carbons (Fsp3) is 0.571. The summed E-state index contributed by atoms with van der Waals surface area (Å²) >= 11 is 0. The first kappa shape index (κ1) is 37.9. The van der Waals surface area contributed by atoms with Crippen LogP contribution in [0.15, 0.2) is 43.0 Å². The van der Waals surface area contributed by atoms with Crippen LogP contribution in [0.2, 0.25) is 0 Å². The van der Waals surface area contributed by atoms with Gasteiger partial charge in [-0.2, -0.15) is 31.4 Å². The number of carboxylic acid groups (broad SMARTS) is 1. The lowest BCUT2D eigenvalue weighted by Crippen LogP contribution is -2.57. The molecule has 5 rings (SSSR count). The van der Waals surface area contributed by atoms with Crippen molar-refractivity contribution in [3.8, 4) is 11.1 Å². The summed E-state index contributed by atoms with van der Waals surface area (Å²) in [5.41, 5.74) is -1.68. The summed E-state index contributed by atoms with van der Waals surface area (Å²) in [5, 5.41) is 13.4. The van der Waals surface area contributed by atoms with Crippen LogP contribution in [0.5, 0.6) is 0 Å². The molecule has 0 radical (unpaired) electrons. The summed E-state index contributed by atoms with van der Waals surface area (Å²) in [6.45, 7) is 3.62. The van der Waals surface area contributed by atoms with Crippen molar-refractivity contribution >= 4 is 18.0 Å². The number of amides is 1. The van der Waals surface area contributed by atoms with Gasteiger partial charge in [0.2, 0.25) is 5.95 Å². The third kappa shape index (κ3) is 9.11. The van der Waals surface area contributed by atoms with Gasteiger partial charge in [-0.05, 0) is 81.0 Å². The van der Waals surface area contributed by atoms with E-state index in [0.717, 1.165) is 17.7 Å². The number of hydrogen-bond donors (Lipinski definition) is 1. The maximum Gasteiger partial charge on any atom is 0.416 e. The predicted octanol–water partition coefficient (Wildman–Crippen LogP) is 7.97. The van der Waals surface area contributed by atoms with Crippen LogP contribution in [-0.4, -0.2) is 66.5 Å². The first-order chi connectivity index (χ1) is 24.1. The van der Waals surface area contributed by atoms with Gasteiger partial charge in [-0.25, -0.2) is 14.8 Å². The molecule has 0 spiro atoms. The Morgan fingerprint density at radius 3 is 1.92 bits per heavy atom. The van der Waals surface area contributed by atoms with Crippen molar-refractivity contribution in [3.05, 3.63) is 59.7 Å². The SMILES string of the molecule is CC[C@@H]1CC(N(Cc2cc(C(F)(F)F)cc(C(F)(F)F)c2)c2ncc(-c3cnn(C)c3)cn2)C[C@H](CC)N1C(=O)OC[C@H]1CC[C@H](C(=O)O)CC1. The first-order valence-corrected chi connectivity index (χ1v) is 17.1. The Bertz CT molecular complexity index is 1610. The molecule has 1 unspecified atom stereocenters. The Balaban J connectivity index is 1.42. The molecule has 2 aliphatic rings. The molecule has 3 atom stereocenters. The average molecular weight is 725 g/mol. The number of carbonyl (C=O) groups is 2. The molecule has 1 aliphatic heterocycles. The summed E-state index contributed by atoms with van der Waals surface area (Å²) in [4.78, 5) is 37.3. The molecule has 3 heterocycles. The number of carbonyl (C=O) groups excluding carboxylic acids is 1. The number of carboxylic acids is 1. The van der Waals surface area contributed by atoms with Crippen LogP contribution < -0.4 is 4.90 Å². The average Bonchev–Trinajstić information content (AvgIpc) is 3.54. The van der Waals surface area contributed by atoms with Crippen LogP contribution in [-0.2, 0) is 35.5 Å². The van der Waals surface area contributed by atoms with Crippen molar-refractivity contribution in [2.45, 2.75) is 102 Å². The van der Waals surface area contributed by atoms with Gasteiger partial charge in [0, 0.05) is 61.4 Å². The quantitative estimate of drug-likeness (QED) is 0.210. The van der Waals surface area contributed by atoms with Gasteiger partial charge in [0.25, 0.3) is 0 Å². The zero-order valence-corrected chi connectivity index (χ0v) is 28.6. The van der Waals surface area contributed by atoms with E-state index in [1.165, 1.54) is 12.4 Å². The zero-order chi connectivity index (χ0) is 37.1. The smallest absolute Gasteiger partial charge is 0.416 e. The minimum Gasteiger partial charge on any atom is -0.481 e. The van der Waals surface area contributed by atoms with Crippen molar-refractivity contribution < 1.29 is 45.8 Å². The highest BCUT2D eigenvalue weighted by Gasteiger charge is 2.42. The fourth-order valence-electron chi connectivity index (χ4n) is 7.23. The Labute approximate surface area is 291 Å². The van der Waals surface area contributed by atoms with E-state index in [1.54, 1.807) is 33.9 Å². The second-order valence-electron chi connectivity index (χ2n) is 13.5. The maximum atomic E-state index is 13.8. The van der Waals surface area contributed by atoms with Crippen LogP contribution in [0.1, 0.15) is 81.9 Å². The summed E-state index contributed by atoms with van der Waals surface area (Å²) in [6.07, 6.45) is -0.0450. The topological polar surface area (TPSA) is 114 Å². The van der Waals surface area contributed by atoms with Gasteiger partial charge in [-0.15, -0.1) is 0 Å². The van der Waals surface area contributed by atoms with E-state index in [2.05, 4.69) is 15.1 Å². The molecule has 1 aliphatic carbocycles. The van der Waals surface area contributed by atoms with Gasteiger partial charge < -0.3 is 19.6 Å². The van der Waals surface area contributed by atoms with Crippen molar-refractivity contribution in [1.29, 1.82) is 0 Å². The highest BCUT2D eigenvalue weighted by molar-refractivity contribution is 5.70. The summed E-state index contributed by atoms with van der Waals surface area (Å²) in [7, 11) is 1.74. The van der Waals surface area contributed by atoms with E-state index in [4.69, 9.17) is 4.74 Å². The highest BCUT2D eigenvalue weighted by Crippen LogP contribution is 2.39. The molecule has 1 N–H and O–H groups in total. The number of hydrogen-bond acceptors (Lipinski definition) is 7. The monoisotopic (exact) mass is 724 g/mol. The number of rotatable bonds is 10. The Morgan fingerprint density at radius 2 is 1.45 bits per heavy atom. The lowest BCUT2D eigenvalue weighted by Gasteiger charge is -2.47. The normalized spacial score (nSPS) is 22.8. The largest absolute Gasteiger partial charge is 0.481 e. The summed E-state index contributed by atoms with van der Waals surface area (Å²) < 4.78 is 90.3. The molecule has 1 saturated carbocycles. The van der Waals surface area contributed by atoms with Crippen molar-refractivity contribution in [1.82, 2.24) is 24.6 Å². The number of nitrogens with zero attached hydrogens (tertiary/aromatic N) is 6. The number of halogens is 6. The predicted molar refractivity (Wildman–Crippen MR) is 174 cm³/mol. The molecule has 10 nitrogen and oxygen atoms in total. The van der Waals surface area contributed by atoms with Crippen LogP contribution in [0, 0.1) is 11.8 Å². The maximum absolute atomic E-state index is 13.8. The second-order valence-corrected chi connectivity index (χ2v) is 13.5. The fourth-order valence-corrected chi connectivity index (χ4v) is 7.23. The molecule has 0 bridgehead atoms. The molecule has 16 heteroatoms. The van der Waals surface area contributed by atoms with E-state index >= 15 is 0 Å². The van der Waals surface area contributed by atoms with Crippen molar-refractivity contribution in [2.24, 2.45) is 18.9 Å². The van der Waals surface area contributed by atoms with E-state index in [9.17, 15) is 41.0 Å². The van der Waals surface area contributed by atoms with Crippen LogP contribution in [0.3, 0.4) is 0 Å². The van der Waals surface area contributed by atoms with E-state index < -0.39 is 41.6 Å². The number of aryl methyl sites for hydroxylation is 1. The zero-order valence-electron chi connectivity index (χ0n) is 28.6. The second kappa shape index (κ2) is 15.5. The van der Waals surface area contributed by atoms with Gasteiger partial charge in [0.05, 0.1) is 29.8 Å². The standard InChI is InChI=1S/C35H42F6N6O4/c1-4-28-13-30(14-29(5-2)47(28)33(50)51-20-21-6-8-23(9-7-21)31(48)49)46(32-42-15-24(16-43-32)25-17-44-45(3)19-25)18-22-10-26(34(36,37)38)12-27(11-22)35(39,40)41/h10-12,15-17,19,21,23,28-30H,4-9,13-14,18,20H2,1-3H3,(H,48,49)/t21-,23-,28-,29+,30?. The van der Waals surface area contributed by atoms with Crippen LogP contribution >= 0.6 is 0 Å². The number of aromatic nitrogens is 4. The van der Waals surface area contributed by atoms with Gasteiger partial charge in [0.15, 0.2) is 0 Å². The number of alkyl halides is 6. The van der Waals surface area contributed by atoms with Gasteiger partial charge in [0.1, 0.15) is 0 Å². The lowest BCUT2D eigenvalue weighted by molar-refractivity contribution is -0.144. The Morgan fingerprint density at radius 1 is 0.882 bits per heavy atom. The summed E-state index contributed by atoms with van der Waals surface area (Å²) in [6, 6.07) is 0.383. The molecule has 1 amide bonds. The molecule has 1 aromatic carbocycles. The number of benzene rings is 1. The van der Waals surface area contributed by atoms with Gasteiger partial charge >= 0.3 is 24.4 Å². The van der Waals surface area contributed by atoms with Gasteiger partial charge in [-0.3, -0.25) is 9.48 Å². The molecule has 2 fully saturated rings. The molecule has 51 heavy (non-hydrogen) atoms. The minimum atomic E-state index is -5.01. The number of piperidine rings is 1. The van der Waals surface area contributed by atoms with E-state index in [-0.39, 0.29) is 54.6 Å². The lowest BCUT2D eigenvalue weighted by atomic mass is 9.82. The van der Waals surface area contributed by atoms with Crippen molar-refractivity contribution in [2.75, 3.05) is 11.5 Å². The Kier molecular flexibility index (Phi) is 11.5. The van der Waals surface area contributed by atoms with Crippen LogP contribution in [0.25, 0.3) is 11.1 Å². The first-order valence-electron chi connectivity index (χ1n) is 17.1. The number of ether oxygens (including phenoxy) is 1. The van der Waals surface area contributed by atoms with Crippen molar-refractivity contribution in [3.63, 3.8) is 0 Å². The highest BCUT2D eigenvalue weighted by atomic mass is 19.4. The summed E-state index contributed by atoms with van der Waals surface area (Å²) in [5.74, 6) is -1.03. The van der Waals surface area contributed by atoms with Gasteiger partial charge in [-0.1, -0.05) is 13.8 Å². The van der Waals surface area contributed by atoms with E-state index in [1.807, 2.05) is 13.8 Å². The minimum absolute atomic E-state index is 0.0542. The molecule has 278 valence electrons. The molecule has 3 aromatic rings. The molecular weight excluding hydrogens is 682 g/mol.